The summed E-state index contributed by atoms with van der Waals surface area (Å²) in [7, 11) is -3.90. The number of carbonyl (C=O) groups excluding carboxylic acids is 2. The molecule has 246 valence electrons. The average Bonchev–Trinajstić information content (AvgIpc) is 3.48. The van der Waals surface area contributed by atoms with E-state index in [2.05, 4.69) is 20.9 Å². The Labute approximate surface area is 272 Å². The molecular formula is C34H35F2N5O5S. The number of amides is 2. The van der Waals surface area contributed by atoms with Crippen LogP contribution in [-0.2, 0) is 19.6 Å². The molecule has 3 heterocycles. The highest BCUT2D eigenvalue weighted by molar-refractivity contribution is 7.89. The molecule has 0 unspecified atom stereocenters. The Morgan fingerprint density at radius 1 is 1.09 bits per heavy atom. The van der Waals surface area contributed by atoms with Crippen molar-refractivity contribution in [1.82, 2.24) is 14.9 Å². The number of hydrogen-bond donors (Lipinski definition) is 3. The number of ether oxygens (including phenoxy) is 1. The van der Waals surface area contributed by atoms with Gasteiger partial charge in [0.05, 0.1) is 22.8 Å². The van der Waals surface area contributed by atoms with E-state index in [9.17, 15) is 26.8 Å². The standard InChI is InChI=1S/C34H35F2N5O5S/c1-21-12-24(14-26(36)13-21)29(22-2-5-25(35)6-3-22)16-33(42)40-31-19-38-17-23(31)4-7-27-18-37-10-11-41(27)47(44,45)28-8-9-32-30(15-28)39-34(43)20-46-32/h2-3,5-6,8-9,12-15,19,27,29,37H,4,7,10-11,16-18,20H2,1H3,(H,39,43)(H,40,42)/t27-,29-/m0/s1. The zero-order valence-corrected chi connectivity index (χ0v) is 26.6. The first-order valence-electron chi connectivity index (χ1n) is 15.4. The van der Waals surface area contributed by atoms with Gasteiger partial charge in [-0.25, -0.2) is 17.2 Å². The second kappa shape index (κ2) is 13.7. The molecule has 3 aromatic carbocycles. The Morgan fingerprint density at radius 3 is 2.68 bits per heavy atom. The zero-order chi connectivity index (χ0) is 33.1. The van der Waals surface area contributed by atoms with Gasteiger partial charge in [-0.1, -0.05) is 18.2 Å². The number of carbonyl (C=O) groups is 2. The van der Waals surface area contributed by atoms with Gasteiger partial charge in [0.15, 0.2) is 6.61 Å². The van der Waals surface area contributed by atoms with Crippen molar-refractivity contribution < 1.29 is 31.5 Å². The molecule has 47 heavy (non-hydrogen) atoms. The fourth-order valence-electron chi connectivity index (χ4n) is 6.24. The molecule has 0 radical (unpaired) electrons. The highest BCUT2D eigenvalue weighted by Crippen LogP contribution is 2.33. The van der Waals surface area contributed by atoms with Crippen molar-refractivity contribution >= 4 is 33.7 Å². The Bertz CT molecular complexity index is 1840. The van der Waals surface area contributed by atoms with Crippen molar-refractivity contribution in [1.29, 1.82) is 0 Å². The number of fused-ring (bicyclic) bond motifs is 1. The topological polar surface area (TPSA) is 129 Å². The molecular weight excluding hydrogens is 628 g/mol. The lowest BCUT2D eigenvalue weighted by Gasteiger charge is -2.35. The van der Waals surface area contributed by atoms with Crippen molar-refractivity contribution in [2.24, 2.45) is 4.99 Å². The quantitative estimate of drug-likeness (QED) is 0.301. The molecule has 0 bridgehead atoms. The summed E-state index contributed by atoms with van der Waals surface area (Å²) in [6.45, 7) is 3.24. The SMILES string of the molecule is Cc1cc(F)cc([C@@H](CC(=O)NC2=C(CC[C@H]3CNCCN3S(=O)(=O)c3ccc4c(c3)NC(=O)CO4)CN=C2)c2ccc(F)cc2)c1. The highest BCUT2D eigenvalue weighted by atomic mass is 32.2. The molecule has 10 nitrogen and oxygen atoms in total. The second-order valence-corrected chi connectivity index (χ2v) is 13.8. The number of aliphatic imine (C=N–C) groups is 1. The van der Waals surface area contributed by atoms with Gasteiger partial charge in [-0.3, -0.25) is 14.6 Å². The summed E-state index contributed by atoms with van der Waals surface area (Å²) in [5.74, 6) is -1.58. The van der Waals surface area contributed by atoms with Crippen molar-refractivity contribution in [3.05, 3.63) is 100 Å². The van der Waals surface area contributed by atoms with E-state index >= 15 is 0 Å². The normalized spacial score (nSPS) is 18.8. The maximum Gasteiger partial charge on any atom is 0.262 e. The minimum absolute atomic E-state index is 0.00994. The van der Waals surface area contributed by atoms with Crippen LogP contribution in [0.2, 0.25) is 0 Å². The van der Waals surface area contributed by atoms with Crippen LogP contribution in [0.25, 0.3) is 0 Å². The van der Waals surface area contributed by atoms with Crippen molar-refractivity contribution in [2.75, 3.05) is 38.1 Å². The minimum atomic E-state index is -3.90. The van der Waals surface area contributed by atoms with Crippen LogP contribution in [-0.4, -0.2) is 69.6 Å². The van der Waals surface area contributed by atoms with Crippen LogP contribution in [0, 0.1) is 18.6 Å². The summed E-state index contributed by atoms with van der Waals surface area (Å²) in [6.07, 6.45) is 2.57. The number of hydrogen-bond acceptors (Lipinski definition) is 7. The maximum atomic E-state index is 14.4. The smallest absolute Gasteiger partial charge is 0.262 e. The van der Waals surface area contributed by atoms with Gasteiger partial charge >= 0.3 is 0 Å². The van der Waals surface area contributed by atoms with Crippen LogP contribution < -0.4 is 20.7 Å². The van der Waals surface area contributed by atoms with Gasteiger partial charge in [-0.05, 0) is 84.5 Å². The average molecular weight is 664 g/mol. The van der Waals surface area contributed by atoms with E-state index in [1.54, 1.807) is 31.3 Å². The molecule has 13 heteroatoms. The molecule has 0 spiro atoms. The molecule has 3 N–H and O–H groups in total. The summed E-state index contributed by atoms with van der Waals surface area (Å²) in [5.41, 5.74) is 3.75. The fourth-order valence-corrected chi connectivity index (χ4v) is 7.92. The number of benzene rings is 3. The first-order chi connectivity index (χ1) is 22.6. The van der Waals surface area contributed by atoms with Crippen LogP contribution in [0.3, 0.4) is 0 Å². The van der Waals surface area contributed by atoms with E-state index in [4.69, 9.17) is 4.74 Å². The number of halogens is 2. The summed E-state index contributed by atoms with van der Waals surface area (Å²) < 4.78 is 62.5. The molecule has 3 aliphatic heterocycles. The summed E-state index contributed by atoms with van der Waals surface area (Å²) in [4.78, 5) is 29.6. The first kappa shape index (κ1) is 32.5. The van der Waals surface area contributed by atoms with E-state index in [1.807, 2.05) is 6.07 Å². The lowest BCUT2D eigenvalue weighted by atomic mass is 9.87. The van der Waals surface area contributed by atoms with E-state index in [0.717, 1.165) is 5.57 Å². The molecule has 2 atom stereocenters. The molecule has 0 aromatic heterocycles. The van der Waals surface area contributed by atoms with Gasteiger partial charge < -0.3 is 20.7 Å². The summed E-state index contributed by atoms with van der Waals surface area (Å²) in [5, 5.41) is 8.89. The molecule has 3 aromatic rings. The van der Waals surface area contributed by atoms with E-state index in [1.165, 1.54) is 40.7 Å². The molecule has 6 rings (SSSR count). The van der Waals surface area contributed by atoms with Gasteiger partial charge in [0.1, 0.15) is 17.4 Å². The minimum Gasteiger partial charge on any atom is -0.482 e. The van der Waals surface area contributed by atoms with Gasteiger partial charge in [0.25, 0.3) is 5.91 Å². The number of sulfonamides is 1. The molecule has 1 fully saturated rings. The fraction of sp³-hybridized carbons (Fsp3) is 0.324. The predicted molar refractivity (Wildman–Crippen MR) is 173 cm³/mol. The molecule has 1 saturated heterocycles. The Balaban J connectivity index is 1.15. The largest absolute Gasteiger partial charge is 0.482 e. The molecule has 2 amide bonds. The predicted octanol–water partition coefficient (Wildman–Crippen LogP) is 4.02. The van der Waals surface area contributed by atoms with Crippen LogP contribution in [0.5, 0.6) is 5.75 Å². The summed E-state index contributed by atoms with van der Waals surface area (Å²) in [6, 6.07) is 14.5. The van der Waals surface area contributed by atoms with Gasteiger partial charge in [-0.2, -0.15) is 4.31 Å². The van der Waals surface area contributed by atoms with E-state index in [-0.39, 0.29) is 42.3 Å². The zero-order valence-electron chi connectivity index (χ0n) is 25.8. The Kier molecular flexibility index (Phi) is 9.48. The van der Waals surface area contributed by atoms with Crippen molar-refractivity contribution in [2.45, 2.75) is 43.0 Å². The van der Waals surface area contributed by atoms with E-state index in [0.29, 0.717) is 66.3 Å². The Morgan fingerprint density at radius 2 is 1.89 bits per heavy atom. The van der Waals surface area contributed by atoms with Crippen LogP contribution in [0.4, 0.5) is 14.5 Å². The van der Waals surface area contributed by atoms with Crippen molar-refractivity contribution in [3.63, 3.8) is 0 Å². The van der Waals surface area contributed by atoms with E-state index < -0.39 is 27.6 Å². The number of aryl methyl sites for hydroxylation is 1. The van der Waals surface area contributed by atoms with Gasteiger partial charge in [0, 0.05) is 44.2 Å². The molecule has 0 aliphatic carbocycles. The summed E-state index contributed by atoms with van der Waals surface area (Å²) >= 11 is 0. The number of piperazine rings is 1. The first-order valence-corrected chi connectivity index (χ1v) is 16.8. The van der Waals surface area contributed by atoms with Crippen LogP contribution >= 0.6 is 0 Å². The maximum absolute atomic E-state index is 14.4. The third kappa shape index (κ3) is 7.42. The van der Waals surface area contributed by atoms with Gasteiger partial charge in [0.2, 0.25) is 15.9 Å². The number of rotatable bonds is 10. The molecule has 0 saturated carbocycles. The van der Waals surface area contributed by atoms with Crippen LogP contribution in [0.1, 0.15) is 41.9 Å². The third-order valence-corrected chi connectivity index (χ3v) is 10.5. The van der Waals surface area contributed by atoms with Crippen LogP contribution in [0.15, 0.2) is 81.8 Å². The number of nitrogens with zero attached hydrogens (tertiary/aromatic N) is 2. The lowest BCUT2D eigenvalue weighted by Crippen LogP contribution is -2.53. The van der Waals surface area contributed by atoms with Crippen molar-refractivity contribution in [3.8, 4) is 5.75 Å². The number of anilines is 1. The Hall–Kier alpha value is -4.46. The molecule has 3 aliphatic rings. The second-order valence-electron chi connectivity index (χ2n) is 11.9. The monoisotopic (exact) mass is 663 g/mol. The third-order valence-electron chi connectivity index (χ3n) is 8.55. The van der Waals surface area contributed by atoms with Gasteiger partial charge in [-0.15, -0.1) is 0 Å². The highest BCUT2D eigenvalue weighted by Gasteiger charge is 2.34. The number of allylic oxidation sites excluding steroid dienone is 1. The number of nitrogens with one attached hydrogen (secondary N) is 3. The lowest BCUT2D eigenvalue weighted by molar-refractivity contribution is -0.120.